The van der Waals surface area contributed by atoms with Gasteiger partial charge in [-0.3, -0.25) is 4.79 Å². The number of imidazole rings is 1. The maximum absolute atomic E-state index is 12.9. The van der Waals surface area contributed by atoms with Gasteiger partial charge in [-0.15, -0.1) is 0 Å². The minimum Gasteiger partial charge on any atom is -0.489 e. The van der Waals surface area contributed by atoms with Crippen LogP contribution in [0, 0.1) is 0 Å². The summed E-state index contributed by atoms with van der Waals surface area (Å²) >= 11 is 5.98. The van der Waals surface area contributed by atoms with Crippen molar-refractivity contribution in [2.75, 3.05) is 0 Å². The fourth-order valence-electron chi connectivity index (χ4n) is 4.06. The van der Waals surface area contributed by atoms with Crippen LogP contribution in [0.2, 0.25) is 5.02 Å². The monoisotopic (exact) mass is 525 g/mol. The summed E-state index contributed by atoms with van der Waals surface area (Å²) in [4.78, 5) is 32.1. The van der Waals surface area contributed by atoms with Crippen LogP contribution in [0.3, 0.4) is 0 Å². The van der Waals surface area contributed by atoms with Crippen LogP contribution in [0.4, 0.5) is 0 Å². The number of nitrogens with one attached hydrogen (secondary N) is 2. The molecule has 5 aromatic rings. The number of carboxylic acids is 1. The first-order chi connectivity index (χ1) is 18.4. The van der Waals surface area contributed by atoms with Crippen molar-refractivity contribution in [3.63, 3.8) is 0 Å². The largest absolute Gasteiger partial charge is 0.489 e. The number of nitrogens with zero attached hydrogens (tertiary/aromatic N) is 1. The average Bonchev–Trinajstić information content (AvgIpc) is 3.37. The Labute approximate surface area is 224 Å². The summed E-state index contributed by atoms with van der Waals surface area (Å²) in [6.45, 7) is 0.437. The third-order valence-corrected chi connectivity index (χ3v) is 6.34. The zero-order chi connectivity index (χ0) is 26.5. The van der Waals surface area contributed by atoms with Gasteiger partial charge in [0.05, 0.1) is 11.0 Å². The number of fused-ring (bicyclic) bond motifs is 1. The summed E-state index contributed by atoms with van der Waals surface area (Å²) in [5.74, 6) is -1.01. The van der Waals surface area contributed by atoms with E-state index in [0.29, 0.717) is 28.4 Å². The van der Waals surface area contributed by atoms with E-state index in [-0.39, 0.29) is 12.2 Å². The SMILES string of the molecule is O=C(NC(Cc1ccc(OCc2ccccc2)cc1)C(=O)O)c1nc2ccc(-c3ccc(Cl)cc3)cc2[nH]1. The normalized spacial score (nSPS) is 11.7. The van der Waals surface area contributed by atoms with Gasteiger partial charge in [0, 0.05) is 11.4 Å². The highest BCUT2D eigenvalue weighted by Crippen LogP contribution is 2.25. The standard InChI is InChI=1S/C30H24ClN3O4/c31-23-11-8-21(9-12-23)22-10-15-25-26(17-22)33-28(32-25)29(35)34-27(30(36)37)16-19-6-13-24(14-7-19)38-18-20-4-2-1-3-5-20/h1-15,17,27H,16,18H2,(H,32,33)(H,34,35)(H,36,37). The van der Waals surface area contributed by atoms with E-state index in [1.54, 1.807) is 24.3 Å². The van der Waals surface area contributed by atoms with Crippen molar-refractivity contribution in [1.82, 2.24) is 15.3 Å². The minimum atomic E-state index is -1.14. The molecule has 1 amide bonds. The Balaban J connectivity index is 1.24. The maximum Gasteiger partial charge on any atom is 0.326 e. The number of rotatable bonds is 9. The van der Waals surface area contributed by atoms with Gasteiger partial charge in [0.1, 0.15) is 18.4 Å². The number of halogens is 1. The molecular weight excluding hydrogens is 502 g/mol. The number of carboxylic acid groups (broad SMARTS) is 1. The molecule has 0 aliphatic heterocycles. The summed E-state index contributed by atoms with van der Waals surface area (Å²) < 4.78 is 5.79. The molecule has 1 aromatic heterocycles. The highest BCUT2D eigenvalue weighted by molar-refractivity contribution is 6.30. The zero-order valence-corrected chi connectivity index (χ0v) is 21.0. The van der Waals surface area contributed by atoms with Crippen molar-refractivity contribution < 1.29 is 19.4 Å². The number of hydrogen-bond donors (Lipinski definition) is 3. The lowest BCUT2D eigenvalue weighted by Crippen LogP contribution is -2.42. The summed E-state index contributed by atoms with van der Waals surface area (Å²) in [7, 11) is 0. The summed E-state index contributed by atoms with van der Waals surface area (Å²) in [6, 6.07) is 28.9. The number of carbonyl (C=O) groups is 2. The Bertz CT molecular complexity index is 1570. The van der Waals surface area contributed by atoms with Gasteiger partial charge >= 0.3 is 5.97 Å². The average molecular weight is 526 g/mol. The van der Waals surface area contributed by atoms with Gasteiger partial charge in [0.25, 0.3) is 5.91 Å². The van der Waals surface area contributed by atoms with Gasteiger partial charge in [-0.2, -0.15) is 0 Å². The van der Waals surface area contributed by atoms with Crippen molar-refractivity contribution in [3.8, 4) is 16.9 Å². The molecule has 3 N–H and O–H groups in total. The number of amides is 1. The lowest BCUT2D eigenvalue weighted by Gasteiger charge is -2.14. The number of H-pyrrole nitrogens is 1. The second-order valence-electron chi connectivity index (χ2n) is 8.81. The van der Waals surface area contributed by atoms with Crippen LogP contribution in [0.5, 0.6) is 5.75 Å². The van der Waals surface area contributed by atoms with Crippen molar-refractivity contribution in [2.45, 2.75) is 19.1 Å². The van der Waals surface area contributed by atoms with E-state index < -0.39 is 17.9 Å². The third kappa shape index (κ3) is 6.02. The first kappa shape index (κ1) is 25.0. The lowest BCUT2D eigenvalue weighted by molar-refractivity contribution is -0.139. The molecule has 190 valence electrons. The van der Waals surface area contributed by atoms with Crippen LogP contribution >= 0.6 is 11.6 Å². The van der Waals surface area contributed by atoms with E-state index in [1.165, 1.54) is 0 Å². The molecule has 0 spiro atoms. The number of benzene rings is 4. The van der Waals surface area contributed by atoms with Gasteiger partial charge < -0.3 is 20.1 Å². The molecule has 0 aliphatic carbocycles. The van der Waals surface area contributed by atoms with Gasteiger partial charge in [0.2, 0.25) is 0 Å². The molecular formula is C30H24ClN3O4. The quantitative estimate of drug-likeness (QED) is 0.223. The zero-order valence-electron chi connectivity index (χ0n) is 20.2. The Kier molecular flexibility index (Phi) is 7.38. The fourth-order valence-corrected chi connectivity index (χ4v) is 4.19. The van der Waals surface area contributed by atoms with E-state index in [2.05, 4.69) is 15.3 Å². The van der Waals surface area contributed by atoms with Crippen LogP contribution in [-0.4, -0.2) is 33.0 Å². The lowest BCUT2D eigenvalue weighted by atomic mass is 10.1. The number of carbonyl (C=O) groups excluding carboxylic acids is 1. The molecule has 0 bridgehead atoms. The first-order valence-corrected chi connectivity index (χ1v) is 12.4. The fraction of sp³-hybridized carbons (Fsp3) is 0.100. The summed E-state index contributed by atoms with van der Waals surface area (Å²) in [6.07, 6.45) is 0.112. The Morgan fingerprint density at radius 3 is 2.32 bits per heavy atom. The molecule has 5 rings (SSSR count). The molecule has 4 aromatic carbocycles. The van der Waals surface area contributed by atoms with E-state index in [1.807, 2.05) is 72.8 Å². The van der Waals surface area contributed by atoms with Crippen LogP contribution in [0.1, 0.15) is 21.7 Å². The molecule has 0 fully saturated rings. The predicted molar refractivity (Wildman–Crippen MR) is 146 cm³/mol. The topological polar surface area (TPSA) is 104 Å². The number of aromatic nitrogens is 2. The van der Waals surface area contributed by atoms with Crippen LogP contribution in [0.15, 0.2) is 97.1 Å². The molecule has 7 nitrogen and oxygen atoms in total. The van der Waals surface area contributed by atoms with Crippen molar-refractivity contribution in [1.29, 1.82) is 0 Å². The molecule has 1 atom stereocenters. The predicted octanol–water partition coefficient (Wildman–Crippen LogP) is 5.89. The van der Waals surface area contributed by atoms with Gasteiger partial charge in [-0.1, -0.05) is 72.3 Å². The molecule has 1 unspecified atom stereocenters. The molecule has 0 saturated carbocycles. The molecule has 38 heavy (non-hydrogen) atoms. The Morgan fingerprint density at radius 2 is 1.61 bits per heavy atom. The van der Waals surface area contributed by atoms with E-state index in [9.17, 15) is 14.7 Å². The van der Waals surface area contributed by atoms with E-state index >= 15 is 0 Å². The molecule has 0 radical (unpaired) electrons. The minimum absolute atomic E-state index is 0.0455. The van der Waals surface area contributed by atoms with Crippen molar-refractivity contribution >= 4 is 34.5 Å². The van der Waals surface area contributed by atoms with Crippen LogP contribution in [-0.2, 0) is 17.8 Å². The van der Waals surface area contributed by atoms with Gasteiger partial charge in [-0.25, -0.2) is 9.78 Å². The highest BCUT2D eigenvalue weighted by Gasteiger charge is 2.23. The summed E-state index contributed by atoms with van der Waals surface area (Å²) in [5.41, 5.74) is 4.98. The molecule has 0 aliphatic rings. The molecule has 1 heterocycles. The second kappa shape index (κ2) is 11.2. The second-order valence-corrected chi connectivity index (χ2v) is 9.25. The van der Waals surface area contributed by atoms with Gasteiger partial charge in [0.15, 0.2) is 5.82 Å². The van der Waals surface area contributed by atoms with Crippen molar-refractivity contribution in [3.05, 3.63) is 119 Å². The first-order valence-electron chi connectivity index (χ1n) is 12.0. The highest BCUT2D eigenvalue weighted by atomic mass is 35.5. The van der Waals surface area contributed by atoms with E-state index in [0.717, 1.165) is 22.3 Å². The number of ether oxygens (including phenoxy) is 1. The maximum atomic E-state index is 12.9. The summed E-state index contributed by atoms with van der Waals surface area (Å²) in [5, 5.41) is 13.0. The van der Waals surface area contributed by atoms with Gasteiger partial charge in [-0.05, 0) is 58.7 Å². The number of hydrogen-bond acceptors (Lipinski definition) is 4. The Hall–Kier alpha value is -4.62. The van der Waals surface area contributed by atoms with E-state index in [4.69, 9.17) is 16.3 Å². The Morgan fingerprint density at radius 1 is 0.895 bits per heavy atom. The van der Waals surface area contributed by atoms with Crippen LogP contribution < -0.4 is 10.1 Å². The number of aliphatic carboxylic acids is 1. The number of aromatic amines is 1. The molecule has 0 saturated heterocycles. The van der Waals surface area contributed by atoms with Crippen molar-refractivity contribution in [2.24, 2.45) is 0 Å². The van der Waals surface area contributed by atoms with Crippen LogP contribution in [0.25, 0.3) is 22.2 Å². The smallest absolute Gasteiger partial charge is 0.326 e. The molecule has 8 heteroatoms. The third-order valence-electron chi connectivity index (χ3n) is 6.09.